The molecule has 0 saturated heterocycles. The number of allylic oxidation sites excluding steroid dienone is 1. The lowest BCUT2D eigenvalue weighted by atomic mass is 9.91. The summed E-state index contributed by atoms with van der Waals surface area (Å²) in [7, 11) is 2.57. The second-order valence-corrected chi connectivity index (χ2v) is 6.65. The Kier molecular flexibility index (Phi) is 5.93. The zero-order valence-electron chi connectivity index (χ0n) is 16.1. The van der Waals surface area contributed by atoms with Crippen molar-refractivity contribution >= 4 is 35.0 Å². The molecule has 2 aromatic carbocycles. The van der Waals surface area contributed by atoms with E-state index in [9.17, 15) is 14.0 Å². The van der Waals surface area contributed by atoms with Crippen LogP contribution in [0.25, 0.3) is 0 Å². The molecule has 0 saturated carbocycles. The Morgan fingerprint density at radius 1 is 1.03 bits per heavy atom. The van der Waals surface area contributed by atoms with Crippen LogP contribution < -0.4 is 10.2 Å². The van der Waals surface area contributed by atoms with Gasteiger partial charge in [0.15, 0.2) is 5.11 Å². The van der Waals surface area contributed by atoms with Gasteiger partial charge in [-0.1, -0.05) is 18.2 Å². The van der Waals surface area contributed by atoms with Gasteiger partial charge in [0, 0.05) is 11.4 Å². The molecule has 0 fully saturated rings. The first kappa shape index (κ1) is 20.5. The second kappa shape index (κ2) is 8.40. The van der Waals surface area contributed by atoms with Gasteiger partial charge in [-0.3, -0.25) is 4.90 Å². The molecule has 0 aromatic heterocycles. The highest BCUT2D eigenvalue weighted by molar-refractivity contribution is 7.80. The average molecular weight is 414 g/mol. The fourth-order valence-electron chi connectivity index (χ4n) is 3.30. The van der Waals surface area contributed by atoms with Crippen LogP contribution in [0, 0.1) is 5.82 Å². The quantitative estimate of drug-likeness (QED) is 0.607. The van der Waals surface area contributed by atoms with Crippen LogP contribution in [0.15, 0.2) is 59.8 Å². The molecule has 8 heteroatoms. The van der Waals surface area contributed by atoms with Gasteiger partial charge in [0.1, 0.15) is 5.82 Å². The minimum absolute atomic E-state index is 0.279. The molecule has 150 valence electrons. The molecule has 2 aromatic rings. The monoisotopic (exact) mass is 414 g/mol. The van der Waals surface area contributed by atoms with Crippen LogP contribution in [-0.4, -0.2) is 31.3 Å². The fraction of sp³-hybridized carbons (Fsp3) is 0.190. The summed E-state index contributed by atoms with van der Waals surface area (Å²) >= 11 is 5.53. The number of benzene rings is 2. The molecule has 1 atom stereocenters. The van der Waals surface area contributed by atoms with Crippen LogP contribution >= 0.6 is 12.2 Å². The highest BCUT2D eigenvalue weighted by Gasteiger charge is 2.36. The van der Waals surface area contributed by atoms with E-state index < -0.39 is 18.0 Å². The van der Waals surface area contributed by atoms with Crippen LogP contribution in [0.3, 0.4) is 0 Å². The van der Waals surface area contributed by atoms with Gasteiger partial charge >= 0.3 is 11.9 Å². The third kappa shape index (κ3) is 3.84. The maximum Gasteiger partial charge on any atom is 0.338 e. The first-order chi connectivity index (χ1) is 13.9. The number of thiocarbonyl (C=S) groups is 1. The van der Waals surface area contributed by atoms with Crippen LogP contribution in [-0.2, 0) is 14.3 Å². The average Bonchev–Trinajstić information content (AvgIpc) is 2.73. The smallest absolute Gasteiger partial charge is 0.338 e. The van der Waals surface area contributed by atoms with E-state index in [1.807, 2.05) is 0 Å². The number of methoxy groups -OCH3 is 2. The predicted octanol–water partition coefficient (Wildman–Crippen LogP) is 3.50. The van der Waals surface area contributed by atoms with Crippen molar-refractivity contribution in [1.82, 2.24) is 5.32 Å². The molecular weight excluding hydrogens is 395 g/mol. The Morgan fingerprint density at radius 2 is 1.66 bits per heavy atom. The summed E-state index contributed by atoms with van der Waals surface area (Å²) in [5.74, 6) is -1.49. The normalized spacial score (nSPS) is 16.3. The molecule has 0 bridgehead atoms. The van der Waals surface area contributed by atoms with Crippen LogP contribution in [0.5, 0.6) is 0 Å². The number of hydrogen-bond acceptors (Lipinski definition) is 5. The number of anilines is 1. The molecule has 6 nitrogen and oxygen atoms in total. The van der Waals surface area contributed by atoms with Crippen molar-refractivity contribution < 1.29 is 23.5 Å². The summed E-state index contributed by atoms with van der Waals surface area (Å²) in [4.78, 5) is 26.5. The van der Waals surface area contributed by atoms with Crippen molar-refractivity contribution in [1.29, 1.82) is 0 Å². The van der Waals surface area contributed by atoms with Crippen molar-refractivity contribution in [3.63, 3.8) is 0 Å². The van der Waals surface area contributed by atoms with Gasteiger partial charge in [0.2, 0.25) is 0 Å². The van der Waals surface area contributed by atoms with Crippen LogP contribution in [0.1, 0.15) is 28.9 Å². The van der Waals surface area contributed by atoms with E-state index in [0.717, 1.165) is 0 Å². The van der Waals surface area contributed by atoms with Gasteiger partial charge in [-0.25, -0.2) is 14.0 Å². The number of hydrogen-bond donors (Lipinski definition) is 1. The van der Waals surface area contributed by atoms with Gasteiger partial charge in [-0.05, 0) is 55.0 Å². The maximum absolute atomic E-state index is 13.3. The number of rotatable bonds is 4. The molecule has 1 aliphatic rings. The molecule has 0 radical (unpaired) electrons. The van der Waals surface area contributed by atoms with E-state index in [-0.39, 0.29) is 11.4 Å². The highest BCUT2D eigenvalue weighted by atomic mass is 32.1. The Balaban J connectivity index is 2.18. The maximum atomic E-state index is 13.3. The molecular formula is C21H19FN2O4S. The van der Waals surface area contributed by atoms with Crippen LogP contribution in [0.4, 0.5) is 10.1 Å². The van der Waals surface area contributed by atoms with Crippen molar-refractivity contribution in [3.8, 4) is 0 Å². The van der Waals surface area contributed by atoms with Gasteiger partial charge in [0.25, 0.3) is 0 Å². The van der Waals surface area contributed by atoms with E-state index in [1.165, 1.54) is 26.4 Å². The third-order valence-electron chi connectivity index (χ3n) is 4.65. The van der Waals surface area contributed by atoms with Gasteiger partial charge in [-0.2, -0.15) is 0 Å². The zero-order chi connectivity index (χ0) is 21.1. The van der Waals surface area contributed by atoms with E-state index in [1.54, 1.807) is 48.2 Å². The fourth-order valence-corrected chi connectivity index (χ4v) is 3.66. The minimum Gasteiger partial charge on any atom is -0.466 e. The lowest BCUT2D eigenvalue weighted by molar-refractivity contribution is -0.136. The Morgan fingerprint density at radius 3 is 2.28 bits per heavy atom. The number of nitrogens with zero attached hydrogens (tertiary/aromatic N) is 1. The number of nitrogens with one attached hydrogen (secondary N) is 1. The number of carbonyl (C=O) groups excluding carboxylic acids is 2. The number of carbonyl (C=O) groups is 2. The Bertz CT molecular complexity index is 1000. The Labute approximate surface area is 172 Å². The molecule has 0 spiro atoms. The van der Waals surface area contributed by atoms with Gasteiger partial charge in [-0.15, -0.1) is 0 Å². The molecule has 3 rings (SSSR count). The lowest BCUT2D eigenvalue weighted by Gasteiger charge is -2.37. The summed E-state index contributed by atoms with van der Waals surface area (Å²) in [6.45, 7) is 1.72. The van der Waals surface area contributed by atoms with E-state index in [4.69, 9.17) is 21.7 Å². The van der Waals surface area contributed by atoms with Crippen molar-refractivity contribution in [2.45, 2.75) is 13.0 Å². The third-order valence-corrected chi connectivity index (χ3v) is 4.95. The molecule has 0 amide bonds. The molecule has 0 unspecified atom stereocenters. The van der Waals surface area contributed by atoms with E-state index in [0.29, 0.717) is 27.6 Å². The summed E-state index contributed by atoms with van der Waals surface area (Å²) in [5.41, 5.74) is 2.21. The molecule has 1 heterocycles. The van der Waals surface area contributed by atoms with E-state index >= 15 is 0 Å². The van der Waals surface area contributed by atoms with E-state index in [2.05, 4.69) is 5.32 Å². The summed E-state index contributed by atoms with van der Waals surface area (Å²) in [5, 5.41) is 3.41. The summed E-state index contributed by atoms with van der Waals surface area (Å²) in [6, 6.07) is 11.8. The SMILES string of the molecule is COC(=O)C1=C(C)N(c2ccc(F)cc2)C(=S)N[C@H]1c1ccccc1C(=O)OC. The summed E-state index contributed by atoms with van der Waals surface area (Å²) < 4.78 is 23.2. The molecule has 1 N–H and O–H groups in total. The standard InChI is InChI=1S/C21H19FN2O4S/c1-12-17(20(26)28-3)18(15-6-4-5-7-16(15)19(25)27-2)23-21(29)24(12)14-10-8-13(22)9-11-14/h4-11,18H,1-3H3,(H,23,29)/t18-/m0/s1. The number of esters is 2. The predicted molar refractivity (Wildman–Crippen MR) is 110 cm³/mol. The lowest BCUT2D eigenvalue weighted by Crippen LogP contribution is -2.48. The molecule has 0 aliphatic carbocycles. The number of halogens is 1. The summed E-state index contributed by atoms with van der Waals surface area (Å²) in [6.07, 6.45) is 0. The van der Waals surface area contributed by atoms with Crippen molar-refractivity contribution in [2.75, 3.05) is 19.1 Å². The van der Waals surface area contributed by atoms with Gasteiger partial charge in [0.05, 0.1) is 31.4 Å². The topological polar surface area (TPSA) is 67.9 Å². The first-order valence-corrected chi connectivity index (χ1v) is 9.12. The number of ether oxygens (including phenoxy) is 2. The largest absolute Gasteiger partial charge is 0.466 e. The molecule has 1 aliphatic heterocycles. The Hall–Kier alpha value is -3.26. The first-order valence-electron chi connectivity index (χ1n) is 8.71. The molecule has 29 heavy (non-hydrogen) atoms. The second-order valence-electron chi connectivity index (χ2n) is 6.26. The highest BCUT2D eigenvalue weighted by Crippen LogP contribution is 2.35. The van der Waals surface area contributed by atoms with Gasteiger partial charge < -0.3 is 14.8 Å². The van der Waals surface area contributed by atoms with Crippen molar-refractivity contribution in [3.05, 3.63) is 76.7 Å². The van der Waals surface area contributed by atoms with Crippen LogP contribution in [0.2, 0.25) is 0 Å². The minimum atomic E-state index is -0.720. The zero-order valence-corrected chi connectivity index (χ0v) is 16.9. The van der Waals surface area contributed by atoms with Crippen molar-refractivity contribution in [2.24, 2.45) is 0 Å².